The molecule has 15 heteroatoms. The van der Waals surface area contributed by atoms with Crippen molar-refractivity contribution in [2.45, 2.75) is 84.6 Å². The Labute approximate surface area is 232 Å². The Morgan fingerprint density at radius 3 is 1.90 bits per heavy atom. The number of aromatic nitrogens is 2. The Balaban J connectivity index is 2.94. The van der Waals surface area contributed by atoms with E-state index in [1.54, 1.807) is 13.8 Å². The minimum absolute atomic E-state index is 0.0441. The number of hydrogen-bond acceptors (Lipinski definition) is 8. The fraction of sp³-hybridized carbons (Fsp3) is 0.640. The van der Waals surface area contributed by atoms with Gasteiger partial charge in [0.2, 0.25) is 29.5 Å². The molecule has 40 heavy (non-hydrogen) atoms. The molecule has 0 aromatic carbocycles. The maximum atomic E-state index is 13.2. The average Bonchev–Trinajstić information content (AvgIpc) is 3.36. The van der Waals surface area contributed by atoms with Crippen LogP contribution in [-0.4, -0.2) is 92.5 Å². The zero-order valence-electron chi connectivity index (χ0n) is 23.6. The molecule has 0 saturated carbocycles. The third kappa shape index (κ3) is 11.4. The zero-order valence-corrected chi connectivity index (χ0v) is 23.6. The van der Waals surface area contributed by atoms with Crippen LogP contribution in [-0.2, 0) is 35.2 Å². The van der Waals surface area contributed by atoms with Crippen molar-refractivity contribution in [2.24, 2.45) is 11.8 Å². The lowest BCUT2D eigenvalue weighted by Crippen LogP contribution is -2.59. The molecular formula is C25H41N7O8. The molecule has 1 aromatic heterocycles. The molecule has 0 spiro atoms. The van der Waals surface area contributed by atoms with Crippen molar-refractivity contribution in [2.75, 3.05) is 6.61 Å². The number of aliphatic hydroxyl groups is 1. The molecule has 8 N–H and O–H groups in total. The van der Waals surface area contributed by atoms with Crippen LogP contribution in [0.4, 0.5) is 0 Å². The number of imidazole rings is 1. The summed E-state index contributed by atoms with van der Waals surface area (Å²) in [5, 5.41) is 31.2. The minimum atomic E-state index is -1.27. The van der Waals surface area contributed by atoms with E-state index in [1.807, 2.05) is 13.8 Å². The Bertz CT molecular complexity index is 1030. The van der Waals surface area contributed by atoms with E-state index in [2.05, 4.69) is 36.6 Å². The van der Waals surface area contributed by atoms with Gasteiger partial charge in [0.05, 0.1) is 12.9 Å². The molecule has 5 atom stereocenters. The molecular weight excluding hydrogens is 526 g/mol. The van der Waals surface area contributed by atoms with Gasteiger partial charge in [0.1, 0.15) is 30.2 Å². The van der Waals surface area contributed by atoms with Gasteiger partial charge in [0.15, 0.2) is 0 Å². The summed E-state index contributed by atoms with van der Waals surface area (Å²) in [6.45, 7) is 8.87. The number of aliphatic carboxylic acids is 1. The average molecular weight is 568 g/mol. The molecule has 5 amide bonds. The first-order valence-corrected chi connectivity index (χ1v) is 13.0. The molecule has 0 bridgehead atoms. The molecule has 1 heterocycles. The van der Waals surface area contributed by atoms with Crippen LogP contribution in [0, 0.1) is 11.8 Å². The van der Waals surface area contributed by atoms with E-state index in [0.717, 1.165) is 0 Å². The molecule has 0 aliphatic rings. The van der Waals surface area contributed by atoms with Crippen molar-refractivity contribution < 1.29 is 39.0 Å². The number of carbonyl (C=O) groups excluding carboxylic acids is 5. The zero-order chi connectivity index (χ0) is 30.6. The van der Waals surface area contributed by atoms with Crippen LogP contribution in [0.25, 0.3) is 0 Å². The third-order valence-corrected chi connectivity index (χ3v) is 5.81. The van der Waals surface area contributed by atoms with Crippen LogP contribution < -0.4 is 26.6 Å². The number of nitrogens with one attached hydrogen (secondary N) is 6. The third-order valence-electron chi connectivity index (χ3n) is 5.81. The highest BCUT2D eigenvalue weighted by Crippen LogP contribution is 2.09. The molecule has 0 saturated heterocycles. The maximum Gasteiger partial charge on any atom is 0.326 e. The van der Waals surface area contributed by atoms with Crippen molar-refractivity contribution in [1.29, 1.82) is 0 Å². The van der Waals surface area contributed by atoms with Gasteiger partial charge in [0.25, 0.3) is 0 Å². The highest BCUT2D eigenvalue weighted by Gasteiger charge is 2.32. The number of amides is 5. The summed E-state index contributed by atoms with van der Waals surface area (Å²) in [6, 6.07) is -5.84. The smallest absolute Gasteiger partial charge is 0.326 e. The monoisotopic (exact) mass is 567 g/mol. The first-order chi connectivity index (χ1) is 18.7. The number of aromatic amines is 1. The van der Waals surface area contributed by atoms with E-state index in [4.69, 9.17) is 0 Å². The van der Waals surface area contributed by atoms with Gasteiger partial charge in [-0.15, -0.1) is 0 Å². The van der Waals surface area contributed by atoms with E-state index >= 15 is 0 Å². The number of aliphatic hydroxyl groups excluding tert-OH is 1. The van der Waals surface area contributed by atoms with E-state index in [-0.39, 0.29) is 18.8 Å². The van der Waals surface area contributed by atoms with Gasteiger partial charge in [0, 0.05) is 25.2 Å². The van der Waals surface area contributed by atoms with Crippen LogP contribution in [0.5, 0.6) is 0 Å². The summed E-state index contributed by atoms with van der Waals surface area (Å²) in [5.41, 5.74) is 0.503. The van der Waals surface area contributed by atoms with E-state index in [9.17, 15) is 39.0 Å². The van der Waals surface area contributed by atoms with Crippen molar-refractivity contribution in [3.05, 3.63) is 18.2 Å². The second-order valence-corrected chi connectivity index (χ2v) is 10.3. The van der Waals surface area contributed by atoms with Crippen LogP contribution in [0.15, 0.2) is 12.5 Å². The summed E-state index contributed by atoms with van der Waals surface area (Å²) in [6.07, 6.45) is 2.98. The second-order valence-electron chi connectivity index (χ2n) is 10.3. The maximum absolute atomic E-state index is 13.2. The molecule has 224 valence electrons. The van der Waals surface area contributed by atoms with Crippen LogP contribution in [0.1, 0.15) is 53.7 Å². The van der Waals surface area contributed by atoms with E-state index < -0.39 is 78.2 Å². The lowest BCUT2D eigenvalue weighted by Gasteiger charge is -2.28. The van der Waals surface area contributed by atoms with Gasteiger partial charge in [-0.25, -0.2) is 9.78 Å². The first kappa shape index (κ1) is 34.0. The van der Waals surface area contributed by atoms with Gasteiger partial charge in [-0.2, -0.15) is 0 Å². The molecule has 0 unspecified atom stereocenters. The van der Waals surface area contributed by atoms with Gasteiger partial charge in [-0.3, -0.25) is 24.0 Å². The Hall–Kier alpha value is -4.01. The molecule has 0 aliphatic carbocycles. The Morgan fingerprint density at radius 1 is 0.825 bits per heavy atom. The second kappa shape index (κ2) is 16.2. The molecule has 0 aliphatic heterocycles. The fourth-order valence-electron chi connectivity index (χ4n) is 3.69. The SMILES string of the molecule is CC(=O)N[C@@H](CO)C(=O)N[C@@H](C)C(=O)N[C@H](C(=O)N[C@@H](CC(C)C)C(=O)N[C@@H](Cc1cnc[nH]1)C(=O)O)C(C)C. The van der Waals surface area contributed by atoms with Crippen molar-refractivity contribution in [3.8, 4) is 0 Å². The van der Waals surface area contributed by atoms with Crippen molar-refractivity contribution in [1.82, 2.24) is 36.6 Å². The molecule has 1 aromatic rings. The standard InChI is InChI=1S/C25H41N7O8/c1-12(2)7-17(22(36)31-18(25(39)40)8-16-9-26-11-27-16)30-24(38)20(13(3)4)32-21(35)14(5)28-23(37)19(10-33)29-15(6)34/h9,11-14,17-20,33H,7-8,10H2,1-6H3,(H,26,27)(H,28,37)(H,29,34)(H,30,38)(H,31,36)(H,32,35)(H,39,40)/t14-,17-,18-,19-,20-/m0/s1. The molecule has 15 nitrogen and oxygen atoms in total. The number of rotatable bonds is 16. The number of carbonyl (C=O) groups is 6. The normalized spacial score (nSPS) is 14.8. The summed E-state index contributed by atoms with van der Waals surface area (Å²) in [4.78, 5) is 81.0. The molecule has 0 fully saturated rings. The number of H-pyrrole nitrogens is 1. The predicted molar refractivity (Wildman–Crippen MR) is 142 cm³/mol. The quantitative estimate of drug-likeness (QED) is 0.112. The highest BCUT2D eigenvalue weighted by atomic mass is 16.4. The minimum Gasteiger partial charge on any atom is -0.480 e. The summed E-state index contributed by atoms with van der Waals surface area (Å²) in [7, 11) is 0. The summed E-state index contributed by atoms with van der Waals surface area (Å²) >= 11 is 0. The number of carboxylic acids is 1. The number of carboxylic acid groups (broad SMARTS) is 1. The molecule has 1 rings (SSSR count). The first-order valence-electron chi connectivity index (χ1n) is 13.0. The highest BCUT2D eigenvalue weighted by molar-refractivity contribution is 5.96. The van der Waals surface area contributed by atoms with Gasteiger partial charge < -0.3 is 41.8 Å². The van der Waals surface area contributed by atoms with Crippen LogP contribution in [0.2, 0.25) is 0 Å². The van der Waals surface area contributed by atoms with Gasteiger partial charge in [-0.1, -0.05) is 27.7 Å². The van der Waals surface area contributed by atoms with Crippen LogP contribution in [0.3, 0.4) is 0 Å². The fourth-order valence-corrected chi connectivity index (χ4v) is 3.69. The summed E-state index contributed by atoms with van der Waals surface area (Å²) < 4.78 is 0. The largest absolute Gasteiger partial charge is 0.480 e. The van der Waals surface area contributed by atoms with Gasteiger partial charge in [-0.05, 0) is 25.2 Å². The van der Waals surface area contributed by atoms with Gasteiger partial charge >= 0.3 is 5.97 Å². The lowest BCUT2D eigenvalue weighted by atomic mass is 9.99. The van der Waals surface area contributed by atoms with E-state index in [1.165, 1.54) is 26.4 Å². The summed E-state index contributed by atoms with van der Waals surface area (Å²) in [5.74, 6) is -5.14. The topological polar surface area (TPSA) is 232 Å². The molecule has 0 radical (unpaired) electrons. The van der Waals surface area contributed by atoms with Crippen molar-refractivity contribution in [3.63, 3.8) is 0 Å². The lowest BCUT2D eigenvalue weighted by molar-refractivity contribution is -0.142. The Kier molecular flexibility index (Phi) is 13.8. The van der Waals surface area contributed by atoms with Crippen molar-refractivity contribution >= 4 is 35.5 Å². The number of hydrogen-bond donors (Lipinski definition) is 8. The predicted octanol–water partition coefficient (Wildman–Crippen LogP) is -1.80. The number of nitrogens with zero attached hydrogens (tertiary/aromatic N) is 1. The van der Waals surface area contributed by atoms with E-state index in [0.29, 0.717) is 5.69 Å². The van der Waals surface area contributed by atoms with Crippen LogP contribution >= 0.6 is 0 Å². The Morgan fingerprint density at radius 2 is 1.43 bits per heavy atom.